The maximum Gasteiger partial charge on any atom is 0.275 e. The van der Waals surface area contributed by atoms with Crippen LogP contribution in [0.1, 0.15) is 25.0 Å². The summed E-state index contributed by atoms with van der Waals surface area (Å²) in [6, 6.07) is 19.4. The predicted molar refractivity (Wildman–Crippen MR) is 238 cm³/mol. The second-order valence-electron chi connectivity index (χ2n) is 13.5. The fraction of sp³-hybridized carbons (Fsp3) is 0.238. The molecule has 0 aromatic heterocycles. The molecule has 0 bridgehead atoms. The molecule has 348 valence electrons. The van der Waals surface area contributed by atoms with Crippen molar-refractivity contribution in [3.63, 3.8) is 0 Å². The Morgan fingerprint density at radius 1 is 0.554 bits per heavy atom. The number of carbonyl (C=O) groups is 2. The quantitative estimate of drug-likeness (QED) is 0.0254. The molecule has 0 atom stereocenters. The normalized spacial score (nSPS) is 12.1. The molecular weight excluding hydrogens is 895 g/mol. The van der Waals surface area contributed by atoms with Gasteiger partial charge in [-0.25, -0.2) is 35.1 Å². The van der Waals surface area contributed by atoms with Crippen molar-refractivity contribution in [2.75, 3.05) is 52.7 Å². The Hall–Kier alpha value is -6.60. The molecule has 4 aromatic rings. The summed E-state index contributed by atoms with van der Waals surface area (Å²) in [4.78, 5) is 30.5. The van der Waals surface area contributed by atoms with Gasteiger partial charge in [0.15, 0.2) is 29.3 Å². The van der Waals surface area contributed by atoms with Crippen LogP contribution in [0.3, 0.4) is 0 Å². The Labute approximate surface area is 374 Å². The third kappa shape index (κ3) is 17.1. The molecule has 4 aromatic carbocycles. The van der Waals surface area contributed by atoms with Crippen LogP contribution < -0.4 is 41.9 Å². The van der Waals surface area contributed by atoms with Crippen LogP contribution in [0.25, 0.3) is 12.2 Å². The van der Waals surface area contributed by atoms with Gasteiger partial charge in [-0.3, -0.25) is 9.59 Å². The van der Waals surface area contributed by atoms with E-state index in [0.29, 0.717) is 22.6 Å². The average molecular weight is 943 g/mol. The van der Waals surface area contributed by atoms with Gasteiger partial charge in [0.1, 0.15) is 17.2 Å². The summed E-state index contributed by atoms with van der Waals surface area (Å²) < 4.78 is 113. The SMILES string of the molecule is C/C(=C\c1ccc(Oc2ccc(S(=O)(=O)NCCOCCOCCOCCNS(=O)(=O)c3ccc(Oc4c(F)cc(/C=C(\C)C(=O)N=C(N)N)cc4F)cc3)cc2)cc1)C(=O)N=C(N)N. The number of rotatable bonds is 24. The number of aliphatic imine (C=N–C) groups is 2. The molecule has 10 N–H and O–H groups in total. The fourth-order valence-corrected chi connectivity index (χ4v) is 7.29. The third-order valence-electron chi connectivity index (χ3n) is 8.35. The molecule has 0 spiro atoms. The number of guanidine groups is 2. The Morgan fingerprint density at radius 2 is 0.908 bits per heavy atom. The molecule has 0 aliphatic heterocycles. The summed E-state index contributed by atoms with van der Waals surface area (Å²) in [5.41, 5.74) is 21.9. The lowest BCUT2D eigenvalue weighted by molar-refractivity contribution is -0.115. The minimum Gasteiger partial charge on any atom is -0.457 e. The molecule has 0 aliphatic carbocycles. The second kappa shape index (κ2) is 24.5. The standard InChI is InChI=1S/C42H48F2N8O11S2/c1-27(39(53)51-41(45)46)23-29-3-5-31(6-4-29)62-32-7-11-34(12-8-32)64(55,56)49-15-17-59-19-21-61-22-20-60-18-16-50-65(57,58)35-13-9-33(10-14-35)63-38-36(43)25-30(26-37(38)44)24-28(2)40(54)52-42(47)48/h3-14,23-26,49-50H,15-22H2,1-2H3,(H4,45,46,51,53)(H4,47,48,52,54)/b27-23+,28-24+. The van der Waals surface area contributed by atoms with E-state index in [2.05, 4.69) is 19.4 Å². The van der Waals surface area contributed by atoms with Gasteiger partial charge in [0.25, 0.3) is 11.8 Å². The van der Waals surface area contributed by atoms with Gasteiger partial charge in [-0.2, -0.15) is 9.98 Å². The number of hydrogen-bond acceptors (Lipinski definition) is 11. The summed E-state index contributed by atoms with van der Waals surface area (Å²) in [6.07, 6.45) is 2.81. The lowest BCUT2D eigenvalue weighted by atomic mass is 10.1. The number of sulfonamides is 2. The number of nitrogens with one attached hydrogen (secondary N) is 2. The number of carbonyl (C=O) groups excluding carboxylic acids is 2. The van der Waals surface area contributed by atoms with Gasteiger partial charge < -0.3 is 46.6 Å². The van der Waals surface area contributed by atoms with Crippen LogP contribution in [0, 0.1) is 11.6 Å². The number of ether oxygens (including phenoxy) is 5. The van der Waals surface area contributed by atoms with Crippen LogP contribution in [0.2, 0.25) is 0 Å². The lowest BCUT2D eigenvalue weighted by Crippen LogP contribution is -2.28. The molecular formula is C42H48F2N8O11S2. The summed E-state index contributed by atoms with van der Waals surface area (Å²) in [6.45, 7) is 3.75. The molecule has 0 aliphatic rings. The number of nitrogens with two attached hydrogens (primary N) is 4. The van der Waals surface area contributed by atoms with E-state index in [0.717, 1.165) is 12.1 Å². The Bertz CT molecular complexity index is 2600. The Balaban J connectivity index is 1.06. The van der Waals surface area contributed by atoms with Crippen molar-refractivity contribution in [3.05, 3.63) is 119 Å². The van der Waals surface area contributed by atoms with Gasteiger partial charge in [-0.15, -0.1) is 0 Å². The maximum atomic E-state index is 14.7. The first kappa shape index (κ1) is 51.0. The average Bonchev–Trinajstić information content (AvgIpc) is 3.24. The lowest BCUT2D eigenvalue weighted by Gasteiger charge is -2.11. The highest BCUT2D eigenvalue weighted by molar-refractivity contribution is 7.89. The van der Waals surface area contributed by atoms with E-state index >= 15 is 0 Å². The Kier molecular flexibility index (Phi) is 19.2. The molecule has 23 heteroatoms. The van der Waals surface area contributed by atoms with Crippen molar-refractivity contribution in [2.24, 2.45) is 32.9 Å². The zero-order valence-corrected chi connectivity index (χ0v) is 36.8. The molecule has 65 heavy (non-hydrogen) atoms. The van der Waals surface area contributed by atoms with Gasteiger partial charge in [0, 0.05) is 24.2 Å². The molecule has 0 saturated carbocycles. The molecule has 2 amide bonds. The van der Waals surface area contributed by atoms with E-state index in [1.807, 2.05) is 0 Å². The van der Waals surface area contributed by atoms with Crippen LogP contribution in [0.5, 0.6) is 23.0 Å². The van der Waals surface area contributed by atoms with Crippen LogP contribution >= 0.6 is 0 Å². The minimum atomic E-state index is -3.96. The zero-order valence-electron chi connectivity index (χ0n) is 35.2. The van der Waals surface area contributed by atoms with Crippen molar-refractivity contribution in [2.45, 2.75) is 23.6 Å². The van der Waals surface area contributed by atoms with Gasteiger partial charge in [-0.1, -0.05) is 12.1 Å². The van der Waals surface area contributed by atoms with Crippen LogP contribution in [0.15, 0.2) is 116 Å². The van der Waals surface area contributed by atoms with E-state index in [4.69, 9.17) is 46.6 Å². The molecule has 0 unspecified atom stereocenters. The van der Waals surface area contributed by atoms with Gasteiger partial charge >= 0.3 is 0 Å². The van der Waals surface area contributed by atoms with E-state index in [-0.39, 0.29) is 85.4 Å². The molecule has 4 rings (SSSR count). The van der Waals surface area contributed by atoms with Gasteiger partial charge in [-0.05, 0) is 110 Å². The van der Waals surface area contributed by atoms with E-state index in [9.17, 15) is 35.2 Å². The number of amides is 2. The topological polar surface area (TPSA) is 301 Å². The number of halogens is 2. The highest BCUT2D eigenvalue weighted by atomic mass is 32.2. The predicted octanol–water partition coefficient (Wildman–Crippen LogP) is 3.26. The number of benzene rings is 4. The Morgan fingerprint density at radius 3 is 1.31 bits per heavy atom. The monoisotopic (exact) mass is 942 g/mol. The molecule has 0 fully saturated rings. The van der Waals surface area contributed by atoms with Crippen LogP contribution in [0.4, 0.5) is 8.78 Å². The maximum absolute atomic E-state index is 14.7. The molecule has 0 heterocycles. The van der Waals surface area contributed by atoms with Gasteiger partial charge in [0.2, 0.25) is 20.0 Å². The van der Waals surface area contributed by atoms with E-state index in [1.54, 1.807) is 37.3 Å². The fourth-order valence-electron chi connectivity index (χ4n) is 5.26. The van der Waals surface area contributed by atoms with Crippen molar-refractivity contribution >= 4 is 55.9 Å². The summed E-state index contributed by atoms with van der Waals surface area (Å²) >= 11 is 0. The zero-order chi connectivity index (χ0) is 47.6. The molecule has 19 nitrogen and oxygen atoms in total. The van der Waals surface area contributed by atoms with Crippen molar-refractivity contribution in [1.82, 2.24) is 9.44 Å². The smallest absolute Gasteiger partial charge is 0.275 e. The summed E-state index contributed by atoms with van der Waals surface area (Å²) in [5, 5.41) is 0. The highest BCUT2D eigenvalue weighted by Gasteiger charge is 2.18. The third-order valence-corrected chi connectivity index (χ3v) is 11.3. The van der Waals surface area contributed by atoms with Crippen LogP contribution in [-0.4, -0.2) is 93.3 Å². The van der Waals surface area contributed by atoms with E-state index < -0.39 is 55.2 Å². The second-order valence-corrected chi connectivity index (χ2v) is 17.0. The molecule has 0 radical (unpaired) electrons. The van der Waals surface area contributed by atoms with Crippen LogP contribution in [-0.2, 0) is 43.8 Å². The molecule has 0 saturated heterocycles. The largest absolute Gasteiger partial charge is 0.457 e. The minimum absolute atomic E-state index is 0.0111. The number of nitrogens with zero attached hydrogens (tertiary/aromatic N) is 2. The van der Waals surface area contributed by atoms with Gasteiger partial charge in [0.05, 0.1) is 49.4 Å². The van der Waals surface area contributed by atoms with Crippen molar-refractivity contribution < 1.29 is 58.9 Å². The summed E-state index contributed by atoms with van der Waals surface area (Å²) in [7, 11) is -7.78. The van der Waals surface area contributed by atoms with Crippen molar-refractivity contribution in [3.8, 4) is 23.0 Å². The van der Waals surface area contributed by atoms with E-state index in [1.165, 1.54) is 61.5 Å². The van der Waals surface area contributed by atoms with Crippen molar-refractivity contribution in [1.29, 1.82) is 0 Å². The first-order valence-corrected chi connectivity index (χ1v) is 22.3. The number of hydrogen-bond donors (Lipinski definition) is 6. The first-order chi connectivity index (χ1) is 30.8. The first-order valence-electron chi connectivity index (χ1n) is 19.3. The highest BCUT2D eigenvalue weighted by Crippen LogP contribution is 2.30. The summed E-state index contributed by atoms with van der Waals surface area (Å²) in [5.74, 6) is -4.16.